The summed E-state index contributed by atoms with van der Waals surface area (Å²) in [6.07, 6.45) is 0. The van der Waals surface area contributed by atoms with Crippen LogP contribution < -0.4 is 0 Å². The summed E-state index contributed by atoms with van der Waals surface area (Å²) in [4.78, 5) is 16.0. The molecule has 0 amide bonds. The van der Waals surface area contributed by atoms with Crippen LogP contribution >= 0.6 is 0 Å². The van der Waals surface area contributed by atoms with E-state index in [0.717, 1.165) is 16.9 Å². The van der Waals surface area contributed by atoms with E-state index in [1.807, 2.05) is 28.8 Å². The average Bonchev–Trinajstić information content (AvgIpc) is 2.68. The quantitative estimate of drug-likeness (QED) is 0.763. The van der Waals surface area contributed by atoms with Crippen LogP contribution in [0.4, 0.5) is 0 Å². The van der Waals surface area contributed by atoms with E-state index in [1.54, 1.807) is 0 Å². The fraction of sp³-hybridized carbons (Fsp3) is 0.385. The average molecular weight is 232 g/mol. The summed E-state index contributed by atoms with van der Waals surface area (Å²) in [7, 11) is 1.40. The smallest absolute Gasteiger partial charge is 0.325 e. The normalized spacial score (nSPS) is 11.1. The topological polar surface area (TPSA) is 44.1 Å². The van der Waals surface area contributed by atoms with Crippen molar-refractivity contribution in [1.82, 2.24) is 9.55 Å². The lowest BCUT2D eigenvalue weighted by Crippen LogP contribution is -2.14. The monoisotopic (exact) mass is 232 g/mol. The first-order chi connectivity index (χ1) is 8.13. The molecule has 0 aliphatic rings. The molecule has 0 spiro atoms. The number of carbonyl (C=O) groups is 1. The Morgan fingerprint density at radius 2 is 2.12 bits per heavy atom. The summed E-state index contributed by atoms with van der Waals surface area (Å²) in [6.45, 7) is 4.34. The minimum Gasteiger partial charge on any atom is -0.468 e. The molecule has 0 radical (unpaired) electrons. The predicted octanol–water partition coefficient (Wildman–Crippen LogP) is 2.33. The third-order valence-electron chi connectivity index (χ3n) is 2.72. The van der Waals surface area contributed by atoms with Crippen molar-refractivity contribution in [2.75, 3.05) is 7.11 Å². The van der Waals surface area contributed by atoms with Gasteiger partial charge in [0.25, 0.3) is 0 Å². The second kappa shape index (κ2) is 4.57. The molecule has 1 heterocycles. The first kappa shape index (κ1) is 11.6. The van der Waals surface area contributed by atoms with Crippen LogP contribution in [-0.2, 0) is 16.1 Å². The van der Waals surface area contributed by atoms with Gasteiger partial charge in [-0.3, -0.25) is 4.79 Å². The minimum absolute atomic E-state index is 0.213. The van der Waals surface area contributed by atoms with Gasteiger partial charge < -0.3 is 9.30 Å². The van der Waals surface area contributed by atoms with Gasteiger partial charge in [0.2, 0.25) is 0 Å². The van der Waals surface area contributed by atoms with Crippen LogP contribution in [0.1, 0.15) is 25.6 Å². The number of nitrogens with zero attached hydrogens (tertiary/aromatic N) is 2. The highest BCUT2D eigenvalue weighted by Crippen LogP contribution is 2.21. The van der Waals surface area contributed by atoms with Crippen LogP contribution in [0.5, 0.6) is 0 Å². The number of aromatic nitrogens is 2. The molecule has 0 N–H and O–H groups in total. The van der Waals surface area contributed by atoms with Crippen molar-refractivity contribution >= 4 is 17.0 Å². The molecule has 0 unspecified atom stereocenters. The number of hydrogen-bond acceptors (Lipinski definition) is 3. The molecule has 0 saturated heterocycles. The van der Waals surface area contributed by atoms with Gasteiger partial charge in [0, 0.05) is 5.92 Å². The van der Waals surface area contributed by atoms with Crippen molar-refractivity contribution in [3.63, 3.8) is 0 Å². The predicted molar refractivity (Wildman–Crippen MR) is 65.8 cm³/mol. The van der Waals surface area contributed by atoms with Crippen LogP contribution in [0.15, 0.2) is 24.3 Å². The van der Waals surface area contributed by atoms with Crippen LogP contribution in [0.25, 0.3) is 11.0 Å². The number of rotatable bonds is 3. The number of imidazole rings is 1. The van der Waals surface area contributed by atoms with Crippen molar-refractivity contribution in [2.24, 2.45) is 0 Å². The summed E-state index contributed by atoms with van der Waals surface area (Å²) >= 11 is 0. The van der Waals surface area contributed by atoms with Crippen molar-refractivity contribution in [1.29, 1.82) is 0 Å². The van der Waals surface area contributed by atoms with Gasteiger partial charge in [-0.05, 0) is 12.1 Å². The number of fused-ring (bicyclic) bond motifs is 1. The molecule has 4 nitrogen and oxygen atoms in total. The van der Waals surface area contributed by atoms with Crippen molar-refractivity contribution in [3.8, 4) is 0 Å². The molecule has 2 rings (SSSR count). The van der Waals surface area contributed by atoms with Gasteiger partial charge in [0.05, 0.1) is 18.1 Å². The molecule has 0 atom stereocenters. The molecule has 0 aliphatic carbocycles. The summed E-state index contributed by atoms with van der Waals surface area (Å²) < 4.78 is 6.64. The lowest BCUT2D eigenvalue weighted by Gasteiger charge is -2.09. The van der Waals surface area contributed by atoms with Gasteiger partial charge in [-0.15, -0.1) is 0 Å². The Hall–Kier alpha value is -1.84. The van der Waals surface area contributed by atoms with Gasteiger partial charge >= 0.3 is 5.97 Å². The molecular weight excluding hydrogens is 216 g/mol. The van der Waals surface area contributed by atoms with E-state index < -0.39 is 0 Å². The van der Waals surface area contributed by atoms with E-state index in [0.29, 0.717) is 0 Å². The Bertz CT molecular complexity index is 543. The first-order valence-electron chi connectivity index (χ1n) is 5.65. The number of benzene rings is 1. The number of ether oxygens (including phenoxy) is 1. The maximum Gasteiger partial charge on any atom is 0.325 e. The molecule has 0 saturated carbocycles. The Balaban J connectivity index is 2.55. The Labute approximate surface area is 100 Å². The third-order valence-corrected chi connectivity index (χ3v) is 2.72. The minimum atomic E-state index is -0.255. The highest BCUT2D eigenvalue weighted by molar-refractivity contribution is 5.79. The standard InChI is InChI=1S/C13H16N2O2/c1-9(2)13-14-10-6-4-5-7-11(10)15(13)8-12(16)17-3/h4-7,9H,8H2,1-3H3. The van der Waals surface area contributed by atoms with Gasteiger partial charge in [-0.1, -0.05) is 26.0 Å². The highest BCUT2D eigenvalue weighted by atomic mass is 16.5. The Morgan fingerprint density at radius 3 is 2.76 bits per heavy atom. The van der Waals surface area contributed by atoms with E-state index >= 15 is 0 Å². The fourth-order valence-electron chi connectivity index (χ4n) is 1.89. The largest absolute Gasteiger partial charge is 0.468 e. The van der Waals surface area contributed by atoms with Crippen LogP contribution in [0.3, 0.4) is 0 Å². The molecule has 17 heavy (non-hydrogen) atoms. The number of carbonyl (C=O) groups excluding carboxylic acids is 1. The molecule has 1 aromatic carbocycles. The zero-order valence-electron chi connectivity index (χ0n) is 10.3. The number of hydrogen-bond donors (Lipinski definition) is 0. The van der Waals surface area contributed by atoms with E-state index in [9.17, 15) is 4.79 Å². The van der Waals surface area contributed by atoms with E-state index in [-0.39, 0.29) is 18.4 Å². The second-order valence-electron chi connectivity index (χ2n) is 4.28. The number of para-hydroxylation sites is 2. The SMILES string of the molecule is COC(=O)Cn1c(C(C)C)nc2ccccc21. The Kier molecular flexibility index (Phi) is 3.13. The number of methoxy groups -OCH3 is 1. The summed E-state index contributed by atoms with van der Waals surface area (Å²) in [5, 5.41) is 0. The van der Waals surface area contributed by atoms with Crippen LogP contribution in [0, 0.1) is 0 Å². The van der Waals surface area contributed by atoms with Gasteiger partial charge in [0.15, 0.2) is 0 Å². The summed E-state index contributed by atoms with van der Waals surface area (Å²) in [6, 6.07) is 7.82. The van der Waals surface area contributed by atoms with E-state index in [2.05, 4.69) is 18.8 Å². The maximum absolute atomic E-state index is 11.4. The van der Waals surface area contributed by atoms with Gasteiger partial charge in [-0.2, -0.15) is 0 Å². The molecule has 0 bridgehead atoms. The lowest BCUT2D eigenvalue weighted by molar-refractivity contribution is -0.141. The van der Waals surface area contributed by atoms with Crippen LogP contribution in [-0.4, -0.2) is 22.6 Å². The Morgan fingerprint density at radius 1 is 1.41 bits per heavy atom. The summed E-state index contributed by atoms with van der Waals surface area (Å²) in [5.74, 6) is 0.929. The molecule has 90 valence electrons. The van der Waals surface area contributed by atoms with E-state index in [1.165, 1.54) is 7.11 Å². The van der Waals surface area contributed by atoms with E-state index in [4.69, 9.17) is 4.74 Å². The van der Waals surface area contributed by atoms with Crippen molar-refractivity contribution in [3.05, 3.63) is 30.1 Å². The van der Waals surface area contributed by atoms with Crippen molar-refractivity contribution < 1.29 is 9.53 Å². The highest BCUT2D eigenvalue weighted by Gasteiger charge is 2.15. The first-order valence-corrected chi connectivity index (χ1v) is 5.65. The molecule has 0 aliphatic heterocycles. The van der Waals surface area contributed by atoms with Crippen molar-refractivity contribution in [2.45, 2.75) is 26.3 Å². The zero-order chi connectivity index (χ0) is 12.4. The van der Waals surface area contributed by atoms with Gasteiger partial charge in [0.1, 0.15) is 12.4 Å². The molecular formula is C13H16N2O2. The molecule has 2 aromatic rings. The van der Waals surface area contributed by atoms with Gasteiger partial charge in [-0.25, -0.2) is 4.98 Å². The van der Waals surface area contributed by atoms with Crippen LogP contribution in [0.2, 0.25) is 0 Å². The summed E-state index contributed by atoms with van der Waals surface area (Å²) in [5.41, 5.74) is 1.89. The lowest BCUT2D eigenvalue weighted by atomic mass is 10.2. The maximum atomic E-state index is 11.4. The molecule has 0 fully saturated rings. The molecule has 4 heteroatoms. The second-order valence-corrected chi connectivity index (χ2v) is 4.28. The molecule has 1 aromatic heterocycles. The fourth-order valence-corrected chi connectivity index (χ4v) is 1.89. The third kappa shape index (κ3) is 2.16. The number of esters is 1. The zero-order valence-corrected chi connectivity index (χ0v) is 10.3.